The van der Waals surface area contributed by atoms with Crippen LogP contribution in [0.3, 0.4) is 0 Å². The Balaban J connectivity index is 2.37. The number of carbonyl (C=O) groups is 1. The first-order valence-electron chi connectivity index (χ1n) is 6.60. The maximum Gasteiger partial charge on any atom is 0.328 e. The molecule has 21 heavy (non-hydrogen) atoms. The number of aliphatic carboxylic acids is 1. The predicted molar refractivity (Wildman–Crippen MR) is 77.4 cm³/mol. The van der Waals surface area contributed by atoms with Gasteiger partial charge in [-0.15, -0.1) is 0 Å². The Morgan fingerprint density at radius 1 is 1.38 bits per heavy atom. The Morgan fingerprint density at radius 3 is 2.90 bits per heavy atom. The van der Waals surface area contributed by atoms with Gasteiger partial charge in [0.2, 0.25) is 0 Å². The zero-order valence-corrected chi connectivity index (χ0v) is 11.4. The zero-order valence-electron chi connectivity index (χ0n) is 11.4. The van der Waals surface area contributed by atoms with Crippen molar-refractivity contribution in [2.75, 3.05) is 31.2 Å². The Bertz CT molecular complexity index is 562. The average molecular weight is 292 g/mol. The Labute approximate surface area is 121 Å². The number of nitrogens with zero attached hydrogens (tertiary/aromatic N) is 2. The molecule has 112 valence electrons. The van der Waals surface area contributed by atoms with Crippen molar-refractivity contribution in [2.45, 2.75) is 6.42 Å². The lowest BCUT2D eigenvalue weighted by molar-refractivity contribution is -0.384. The summed E-state index contributed by atoms with van der Waals surface area (Å²) in [6.07, 6.45) is 3.23. The molecule has 0 unspecified atom stereocenters. The highest BCUT2D eigenvalue weighted by molar-refractivity contribution is 5.87. The van der Waals surface area contributed by atoms with E-state index in [9.17, 15) is 14.9 Å². The fourth-order valence-corrected chi connectivity index (χ4v) is 2.23. The third-order valence-electron chi connectivity index (χ3n) is 3.19. The second-order valence-corrected chi connectivity index (χ2v) is 4.62. The van der Waals surface area contributed by atoms with E-state index in [1.165, 1.54) is 18.2 Å². The summed E-state index contributed by atoms with van der Waals surface area (Å²) in [5.74, 6) is -1.09. The second-order valence-electron chi connectivity index (χ2n) is 4.62. The fraction of sp³-hybridized carbons (Fsp3) is 0.357. The van der Waals surface area contributed by atoms with Crippen molar-refractivity contribution in [3.63, 3.8) is 0 Å². The SMILES string of the molecule is O=C(O)C=Cc1cc([N+](=O)[O-])ccc1N1CCCOCC1. The van der Waals surface area contributed by atoms with Gasteiger partial charge in [0.1, 0.15) is 0 Å². The maximum absolute atomic E-state index is 10.9. The molecule has 1 fully saturated rings. The van der Waals surface area contributed by atoms with Gasteiger partial charge in [0.25, 0.3) is 5.69 Å². The maximum atomic E-state index is 10.9. The number of benzene rings is 1. The second kappa shape index (κ2) is 6.85. The lowest BCUT2D eigenvalue weighted by atomic mass is 10.1. The lowest BCUT2D eigenvalue weighted by Gasteiger charge is -2.23. The highest BCUT2D eigenvalue weighted by atomic mass is 16.6. The van der Waals surface area contributed by atoms with Crippen molar-refractivity contribution in [1.82, 2.24) is 0 Å². The molecule has 0 saturated carbocycles. The third kappa shape index (κ3) is 4.03. The van der Waals surface area contributed by atoms with Crippen molar-refractivity contribution >= 4 is 23.4 Å². The highest BCUT2D eigenvalue weighted by Crippen LogP contribution is 2.27. The van der Waals surface area contributed by atoms with Crippen molar-refractivity contribution in [2.24, 2.45) is 0 Å². The van der Waals surface area contributed by atoms with Crippen molar-refractivity contribution in [3.8, 4) is 0 Å². The van der Waals surface area contributed by atoms with Gasteiger partial charge in [-0.2, -0.15) is 0 Å². The molecular formula is C14H16N2O5. The van der Waals surface area contributed by atoms with E-state index < -0.39 is 10.9 Å². The van der Waals surface area contributed by atoms with Crippen LogP contribution in [0.15, 0.2) is 24.3 Å². The van der Waals surface area contributed by atoms with Gasteiger partial charge in [0.15, 0.2) is 0 Å². The van der Waals surface area contributed by atoms with Crippen LogP contribution in [-0.2, 0) is 9.53 Å². The van der Waals surface area contributed by atoms with E-state index in [1.54, 1.807) is 6.07 Å². The van der Waals surface area contributed by atoms with Crippen molar-refractivity contribution in [1.29, 1.82) is 0 Å². The topological polar surface area (TPSA) is 92.9 Å². The Morgan fingerprint density at radius 2 is 2.19 bits per heavy atom. The van der Waals surface area contributed by atoms with Crippen LogP contribution < -0.4 is 4.90 Å². The molecule has 1 aliphatic heterocycles. The van der Waals surface area contributed by atoms with Crippen LogP contribution in [-0.4, -0.2) is 42.3 Å². The van der Waals surface area contributed by atoms with Gasteiger partial charge in [0, 0.05) is 49.2 Å². The summed E-state index contributed by atoms with van der Waals surface area (Å²) in [6.45, 7) is 2.71. The van der Waals surface area contributed by atoms with Gasteiger partial charge in [0.05, 0.1) is 11.5 Å². The van der Waals surface area contributed by atoms with Gasteiger partial charge < -0.3 is 14.7 Å². The van der Waals surface area contributed by atoms with E-state index in [0.717, 1.165) is 24.7 Å². The van der Waals surface area contributed by atoms with Gasteiger partial charge >= 0.3 is 5.97 Å². The van der Waals surface area contributed by atoms with Crippen LogP contribution >= 0.6 is 0 Å². The minimum absolute atomic E-state index is 0.0603. The third-order valence-corrected chi connectivity index (χ3v) is 3.19. The molecule has 2 rings (SSSR count). The largest absolute Gasteiger partial charge is 0.478 e. The summed E-state index contributed by atoms with van der Waals surface area (Å²) in [5.41, 5.74) is 1.24. The molecule has 0 bridgehead atoms. The van der Waals surface area contributed by atoms with E-state index in [4.69, 9.17) is 9.84 Å². The smallest absolute Gasteiger partial charge is 0.328 e. The number of anilines is 1. The first-order valence-corrected chi connectivity index (χ1v) is 6.60. The summed E-state index contributed by atoms with van der Waals surface area (Å²) >= 11 is 0. The lowest BCUT2D eigenvalue weighted by Crippen LogP contribution is -2.26. The minimum Gasteiger partial charge on any atom is -0.478 e. The number of nitro benzene ring substituents is 1. The van der Waals surface area contributed by atoms with Gasteiger partial charge in [-0.05, 0) is 18.6 Å². The Hall–Kier alpha value is -2.41. The van der Waals surface area contributed by atoms with Gasteiger partial charge in [-0.25, -0.2) is 4.79 Å². The van der Waals surface area contributed by atoms with Crippen LogP contribution in [0.1, 0.15) is 12.0 Å². The number of non-ortho nitro benzene ring substituents is 1. The molecule has 0 aromatic heterocycles. The van der Waals surface area contributed by atoms with E-state index >= 15 is 0 Å². The molecule has 0 amide bonds. The van der Waals surface area contributed by atoms with E-state index in [0.29, 0.717) is 25.3 Å². The molecule has 1 aliphatic rings. The van der Waals surface area contributed by atoms with Crippen LogP contribution in [0, 0.1) is 10.1 Å². The number of rotatable bonds is 4. The van der Waals surface area contributed by atoms with Crippen LogP contribution in [0.4, 0.5) is 11.4 Å². The molecule has 0 spiro atoms. The molecular weight excluding hydrogens is 276 g/mol. The number of hydrogen-bond acceptors (Lipinski definition) is 5. The van der Waals surface area contributed by atoms with Crippen molar-refractivity contribution in [3.05, 3.63) is 40.0 Å². The summed E-state index contributed by atoms with van der Waals surface area (Å²) in [6, 6.07) is 4.48. The number of hydrogen-bond donors (Lipinski definition) is 1. The number of carboxylic acids is 1. The zero-order chi connectivity index (χ0) is 15.2. The van der Waals surface area contributed by atoms with Crippen LogP contribution in [0.5, 0.6) is 0 Å². The molecule has 1 aromatic carbocycles. The normalized spacial score (nSPS) is 15.9. The first kappa shape index (κ1) is 15.0. The van der Waals surface area contributed by atoms with Crippen LogP contribution in [0.2, 0.25) is 0 Å². The fourth-order valence-electron chi connectivity index (χ4n) is 2.23. The van der Waals surface area contributed by atoms with E-state index in [1.807, 2.05) is 0 Å². The predicted octanol–water partition coefficient (Wildman–Crippen LogP) is 1.92. The molecule has 0 atom stereocenters. The molecule has 0 radical (unpaired) electrons. The molecule has 1 N–H and O–H groups in total. The summed E-state index contributed by atoms with van der Waals surface area (Å²) in [5, 5.41) is 19.6. The average Bonchev–Trinajstić information content (AvgIpc) is 2.73. The van der Waals surface area contributed by atoms with Crippen LogP contribution in [0.25, 0.3) is 6.08 Å². The molecule has 7 heteroatoms. The quantitative estimate of drug-likeness (QED) is 0.517. The molecule has 7 nitrogen and oxygen atoms in total. The Kier molecular flexibility index (Phi) is 4.89. The standard InChI is InChI=1S/C14H16N2O5/c17-14(18)5-2-11-10-12(16(19)20)3-4-13(11)15-6-1-8-21-9-7-15/h2-5,10H,1,6-9H2,(H,17,18). The van der Waals surface area contributed by atoms with E-state index in [-0.39, 0.29) is 5.69 Å². The highest BCUT2D eigenvalue weighted by Gasteiger charge is 2.16. The van der Waals surface area contributed by atoms with Crippen molar-refractivity contribution < 1.29 is 19.6 Å². The van der Waals surface area contributed by atoms with Gasteiger partial charge in [-0.3, -0.25) is 10.1 Å². The van der Waals surface area contributed by atoms with Gasteiger partial charge in [-0.1, -0.05) is 0 Å². The monoisotopic (exact) mass is 292 g/mol. The summed E-state index contributed by atoms with van der Waals surface area (Å²) in [4.78, 5) is 23.1. The number of carboxylic acid groups (broad SMARTS) is 1. The summed E-state index contributed by atoms with van der Waals surface area (Å²) < 4.78 is 5.38. The van der Waals surface area contributed by atoms with E-state index in [2.05, 4.69) is 4.90 Å². The molecule has 1 heterocycles. The molecule has 1 saturated heterocycles. The molecule has 1 aromatic rings. The number of ether oxygens (including phenoxy) is 1. The molecule has 0 aliphatic carbocycles. The minimum atomic E-state index is -1.09. The summed E-state index contributed by atoms with van der Waals surface area (Å²) in [7, 11) is 0. The number of nitro groups is 1. The first-order chi connectivity index (χ1) is 10.1.